The largest absolute Gasteiger partial charge is 0.379 e. The maximum atomic E-state index is 11.8. The number of benzene rings is 1. The molecule has 0 bridgehead atoms. The van der Waals surface area contributed by atoms with Crippen molar-refractivity contribution in [3.05, 3.63) is 29.8 Å². The van der Waals surface area contributed by atoms with Gasteiger partial charge in [-0.3, -0.25) is 4.79 Å². The van der Waals surface area contributed by atoms with Crippen molar-refractivity contribution in [1.29, 1.82) is 0 Å². The van der Waals surface area contributed by atoms with E-state index in [1.807, 2.05) is 24.3 Å². The summed E-state index contributed by atoms with van der Waals surface area (Å²) < 4.78 is 11.0. The number of nitrogens with two attached hydrogens (primary N) is 1. The highest BCUT2D eigenvalue weighted by Gasteiger charge is 2.21. The van der Waals surface area contributed by atoms with Crippen LogP contribution in [0.2, 0.25) is 0 Å². The van der Waals surface area contributed by atoms with Gasteiger partial charge in [0.25, 0.3) is 0 Å². The smallest absolute Gasteiger partial charge is 0.243 e. The summed E-state index contributed by atoms with van der Waals surface area (Å²) >= 11 is 0. The van der Waals surface area contributed by atoms with Gasteiger partial charge in [-0.05, 0) is 38.0 Å². The van der Waals surface area contributed by atoms with E-state index in [1.54, 1.807) is 13.8 Å². The molecule has 1 aromatic rings. The Morgan fingerprint density at radius 2 is 1.95 bits per heavy atom. The van der Waals surface area contributed by atoms with Crippen LogP contribution in [0.25, 0.3) is 0 Å². The van der Waals surface area contributed by atoms with E-state index in [0.717, 1.165) is 30.7 Å². The van der Waals surface area contributed by atoms with Gasteiger partial charge in [0.05, 0.1) is 25.4 Å². The molecule has 124 valence electrons. The number of unbranched alkanes of at least 4 members (excludes halogenated alkanes) is 1. The molecule has 0 aliphatic heterocycles. The highest BCUT2D eigenvalue weighted by Crippen LogP contribution is 2.13. The third kappa shape index (κ3) is 7.54. The molecule has 0 unspecified atom stereocenters. The average Bonchev–Trinajstić information content (AvgIpc) is 2.46. The van der Waals surface area contributed by atoms with Gasteiger partial charge in [-0.25, -0.2) is 0 Å². The normalized spacial score (nSPS) is 11.5. The molecule has 5 nitrogen and oxygen atoms in total. The van der Waals surface area contributed by atoms with Crippen LogP contribution in [0.4, 0.5) is 5.69 Å². The monoisotopic (exact) mass is 308 g/mol. The van der Waals surface area contributed by atoms with Crippen molar-refractivity contribution < 1.29 is 14.3 Å². The quantitative estimate of drug-likeness (QED) is 0.652. The number of carbonyl (C=O) groups excluding carboxylic acids is 1. The molecule has 0 saturated carbocycles. The van der Waals surface area contributed by atoms with Crippen molar-refractivity contribution in [2.24, 2.45) is 5.73 Å². The lowest BCUT2D eigenvalue weighted by Gasteiger charge is -2.18. The van der Waals surface area contributed by atoms with Crippen molar-refractivity contribution in [1.82, 2.24) is 0 Å². The van der Waals surface area contributed by atoms with Gasteiger partial charge in [-0.15, -0.1) is 0 Å². The van der Waals surface area contributed by atoms with Gasteiger partial charge in [0.2, 0.25) is 5.91 Å². The summed E-state index contributed by atoms with van der Waals surface area (Å²) in [6.45, 7) is 7.94. The van der Waals surface area contributed by atoms with Crippen LogP contribution >= 0.6 is 0 Å². The third-order valence-corrected chi connectivity index (χ3v) is 3.05. The number of amides is 1. The van der Waals surface area contributed by atoms with Crippen LogP contribution in [0.5, 0.6) is 0 Å². The molecule has 5 heteroatoms. The van der Waals surface area contributed by atoms with Gasteiger partial charge >= 0.3 is 0 Å². The molecule has 0 heterocycles. The van der Waals surface area contributed by atoms with E-state index in [2.05, 4.69) is 12.2 Å². The minimum atomic E-state index is -0.900. The summed E-state index contributed by atoms with van der Waals surface area (Å²) in [4.78, 5) is 11.8. The molecular weight excluding hydrogens is 280 g/mol. The molecule has 0 fully saturated rings. The second-order valence-electron chi connectivity index (χ2n) is 5.89. The first kappa shape index (κ1) is 18.6. The molecule has 0 spiro atoms. The first-order valence-electron chi connectivity index (χ1n) is 7.78. The van der Waals surface area contributed by atoms with E-state index in [4.69, 9.17) is 15.2 Å². The molecule has 0 saturated heterocycles. The lowest BCUT2D eigenvalue weighted by atomic mass is 10.1. The number of carbonyl (C=O) groups is 1. The Kier molecular flexibility index (Phi) is 8.09. The minimum Gasteiger partial charge on any atom is -0.379 e. The Morgan fingerprint density at radius 1 is 1.23 bits per heavy atom. The van der Waals surface area contributed by atoms with Crippen molar-refractivity contribution in [3.8, 4) is 0 Å². The van der Waals surface area contributed by atoms with Gasteiger partial charge in [-0.1, -0.05) is 25.5 Å². The van der Waals surface area contributed by atoms with E-state index in [1.165, 1.54) is 0 Å². The topological polar surface area (TPSA) is 73.6 Å². The summed E-state index contributed by atoms with van der Waals surface area (Å²) in [7, 11) is 0. The summed E-state index contributed by atoms with van der Waals surface area (Å²) in [6.07, 6.45) is 2.22. The van der Waals surface area contributed by atoms with Crippen LogP contribution in [0, 0.1) is 0 Å². The van der Waals surface area contributed by atoms with Crippen LogP contribution in [-0.2, 0) is 20.9 Å². The molecular formula is C17H28N2O3. The fraction of sp³-hybridized carbons (Fsp3) is 0.588. The van der Waals surface area contributed by atoms with Crippen LogP contribution in [0.1, 0.15) is 39.2 Å². The Labute approximate surface area is 133 Å². The van der Waals surface area contributed by atoms with Gasteiger partial charge in [0.1, 0.15) is 0 Å². The Hall–Kier alpha value is -1.43. The minimum absolute atomic E-state index is 0.213. The zero-order valence-corrected chi connectivity index (χ0v) is 13.9. The summed E-state index contributed by atoms with van der Waals surface area (Å²) in [5.74, 6) is -0.213. The first-order valence-corrected chi connectivity index (χ1v) is 7.78. The number of rotatable bonds is 10. The maximum Gasteiger partial charge on any atom is 0.243 e. The van der Waals surface area contributed by atoms with Crippen molar-refractivity contribution in [3.63, 3.8) is 0 Å². The summed E-state index contributed by atoms with van der Waals surface area (Å²) in [5, 5.41) is 2.80. The second kappa shape index (κ2) is 9.56. The molecule has 3 N–H and O–H groups in total. The molecule has 0 aromatic heterocycles. The van der Waals surface area contributed by atoms with E-state index >= 15 is 0 Å². The molecule has 0 aliphatic carbocycles. The van der Waals surface area contributed by atoms with Crippen LogP contribution in [0.15, 0.2) is 24.3 Å². The van der Waals surface area contributed by atoms with Crippen LogP contribution < -0.4 is 11.1 Å². The lowest BCUT2D eigenvalue weighted by molar-refractivity contribution is -0.120. The van der Waals surface area contributed by atoms with Crippen LogP contribution in [0.3, 0.4) is 0 Å². The van der Waals surface area contributed by atoms with Crippen molar-refractivity contribution >= 4 is 11.6 Å². The summed E-state index contributed by atoms with van der Waals surface area (Å²) in [5.41, 5.74) is 6.59. The maximum absolute atomic E-state index is 11.8. The van der Waals surface area contributed by atoms with E-state index in [0.29, 0.717) is 19.8 Å². The predicted octanol–water partition coefficient (Wildman–Crippen LogP) is 2.70. The Morgan fingerprint density at radius 3 is 2.64 bits per heavy atom. The van der Waals surface area contributed by atoms with E-state index in [9.17, 15) is 4.79 Å². The van der Waals surface area contributed by atoms with Crippen molar-refractivity contribution in [2.45, 2.75) is 45.8 Å². The van der Waals surface area contributed by atoms with Crippen LogP contribution in [-0.4, -0.2) is 31.3 Å². The average molecular weight is 308 g/mol. The lowest BCUT2D eigenvalue weighted by Crippen LogP contribution is -2.45. The zero-order chi connectivity index (χ0) is 16.4. The number of ether oxygens (including phenoxy) is 2. The molecule has 22 heavy (non-hydrogen) atoms. The molecule has 1 rings (SSSR count). The molecule has 1 amide bonds. The number of hydrogen-bond donors (Lipinski definition) is 2. The standard InChI is InChI=1S/C17H28N2O3/c1-4-5-9-21-10-11-22-13-14-7-6-8-15(12-14)19-16(20)17(2,3)18/h6-8,12H,4-5,9-11,13,18H2,1-3H3,(H,19,20). The molecule has 0 radical (unpaired) electrons. The molecule has 1 aromatic carbocycles. The van der Waals surface area contributed by atoms with Gasteiger partial charge in [-0.2, -0.15) is 0 Å². The summed E-state index contributed by atoms with van der Waals surface area (Å²) in [6, 6.07) is 7.57. The number of nitrogens with one attached hydrogen (secondary N) is 1. The molecule has 0 aliphatic rings. The Bertz CT molecular complexity index is 455. The zero-order valence-electron chi connectivity index (χ0n) is 13.9. The number of anilines is 1. The predicted molar refractivity (Wildman–Crippen MR) is 88.7 cm³/mol. The SMILES string of the molecule is CCCCOCCOCc1cccc(NC(=O)C(C)(C)N)c1. The first-order chi connectivity index (χ1) is 10.4. The van der Waals surface area contributed by atoms with E-state index < -0.39 is 5.54 Å². The van der Waals surface area contributed by atoms with Gasteiger partial charge < -0.3 is 20.5 Å². The third-order valence-electron chi connectivity index (χ3n) is 3.05. The molecule has 0 atom stereocenters. The van der Waals surface area contributed by atoms with Gasteiger partial charge in [0, 0.05) is 12.3 Å². The Balaban J connectivity index is 2.34. The van der Waals surface area contributed by atoms with Gasteiger partial charge in [0.15, 0.2) is 0 Å². The second-order valence-corrected chi connectivity index (χ2v) is 5.89. The fourth-order valence-corrected chi connectivity index (χ4v) is 1.69. The van der Waals surface area contributed by atoms with Crippen molar-refractivity contribution in [2.75, 3.05) is 25.1 Å². The fourth-order valence-electron chi connectivity index (χ4n) is 1.69. The van der Waals surface area contributed by atoms with E-state index in [-0.39, 0.29) is 5.91 Å². The highest BCUT2D eigenvalue weighted by atomic mass is 16.5. The highest BCUT2D eigenvalue weighted by molar-refractivity contribution is 5.97. The number of hydrogen-bond acceptors (Lipinski definition) is 4.